The monoisotopic (exact) mass is 361 g/mol. The lowest BCUT2D eigenvalue weighted by atomic mass is 10.1. The minimum atomic E-state index is -0.731. The number of aromatic nitrogens is 2. The van der Waals surface area contributed by atoms with Crippen LogP contribution in [0.25, 0.3) is 17.3 Å². The zero-order chi connectivity index (χ0) is 19.0. The molecule has 0 bridgehead atoms. The van der Waals surface area contributed by atoms with Gasteiger partial charge < -0.3 is 9.84 Å². The summed E-state index contributed by atoms with van der Waals surface area (Å²) in [5.74, 6) is 0.163. The van der Waals surface area contributed by atoms with Crippen LogP contribution in [0.4, 0.5) is 5.69 Å². The number of para-hydroxylation sites is 1. The molecule has 2 aromatic carbocycles. The van der Waals surface area contributed by atoms with Gasteiger partial charge in [-0.2, -0.15) is 0 Å². The minimum absolute atomic E-state index is 0.0245. The highest BCUT2D eigenvalue weighted by Crippen LogP contribution is 2.32. The second-order valence-corrected chi connectivity index (χ2v) is 5.91. The first kappa shape index (κ1) is 16.6. The van der Waals surface area contributed by atoms with Gasteiger partial charge in [-0.15, -0.1) is 0 Å². The SMILES string of the molecule is COc1ccc(-n2c(O)c(/C=C3\C=Nc4ccccc43)c(=O)[nH]c2=O)cc1. The van der Waals surface area contributed by atoms with Crippen LogP contribution in [0.2, 0.25) is 0 Å². The zero-order valence-electron chi connectivity index (χ0n) is 14.3. The molecule has 134 valence electrons. The van der Waals surface area contributed by atoms with E-state index in [0.29, 0.717) is 17.0 Å². The fourth-order valence-corrected chi connectivity index (χ4v) is 2.95. The Kier molecular flexibility index (Phi) is 3.97. The minimum Gasteiger partial charge on any atom is -0.497 e. The van der Waals surface area contributed by atoms with E-state index in [1.807, 2.05) is 24.3 Å². The highest BCUT2D eigenvalue weighted by atomic mass is 16.5. The number of nitrogens with one attached hydrogen (secondary N) is 1. The zero-order valence-corrected chi connectivity index (χ0v) is 14.3. The standard InChI is InChI=1S/C20H15N3O4/c1-27-14-8-6-13(7-9-14)23-19(25)16(18(24)22-20(23)26)10-12-11-21-17-5-3-2-4-15(12)17/h2-11,25H,1H3,(H,22,24,26)/b12-10+. The number of fused-ring (bicyclic) bond motifs is 1. The van der Waals surface area contributed by atoms with E-state index in [1.165, 1.54) is 13.2 Å². The van der Waals surface area contributed by atoms with Crippen molar-refractivity contribution in [2.45, 2.75) is 0 Å². The van der Waals surface area contributed by atoms with E-state index in [9.17, 15) is 14.7 Å². The second kappa shape index (κ2) is 6.45. The molecule has 7 heteroatoms. The number of benzene rings is 2. The van der Waals surface area contributed by atoms with Crippen LogP contribution in [-0.4, -0.2) is 28.0 Å². The van der Waals surface area contributed by atoms with Gasteiger partial charge in [-0.3, -0.25) is 14.8 Å². The van der Waals surface area contributed by atoms with E-state index in [1.54, 1.807) is 30.5 Å². The Hall–Kier alpha value is -3.87. The molecule has 3 aromatic rings. The molecule has 0 radical (unpaired) electrons. The van der Waals surface area contributed by atoms with Crippen molar-refractivity contribution in [3.05, 3.63) is 80.5 Å². The van der Waals surface area contributed by atoms with E-state index in [2.05, 4.69) is 9.98 Å². The first-order chi connectivity index (χ1) is 13.1. The van der Waals surface area contributed by atoms with Gasteiger partial charge in [0.05, 0.1) is 18.5 Å². The number of aromatic amines is 1. The number of aliphatic imine (C=N–C) groups is 1. The summed E-state index contributed by atoms with van der Waals surface area (Å²) < 4.78 is 6.13. The van der Waals surface area contributed by atoms with Gasteiger partial charge in [0.1, 0.15) is 11.3 Å². The number of H-pyrrole nitrogens is 1. The maximum absolute atomic E-state index is 12.3. The summed E-state index contributed by atoms with van der Waals surface area (Å²) >= 11 is 0. The summed E-state index contributed by atoms with van der Waals surface area (Å²) in [6, 6.07) is 14.0. The predicted octanol–water partition coefficient (Wildman–Crippen LogP) is 2.50. The Morgan fingerprint density at radius 3 is 2.59 bits per heavy atom. The summed E-state index contributed by atoms with van der Waals surface area (Å²) in [6.45, 7) is 0. The second-order valence-electron chi connectivity index (χ2n) is 5.91. The molecule has 0 amide bonds. The molecule has 2 heterocycles. The van der Waals surface area contributed by atoms with Crippen molar-refractivity contribution in [3.8, 4) is 17.3 Å². The van der Waals surface area contributed by atoms with Crippen LogP contribution in [0.1, 0.15) is 11.1 Å². The Morgan fingerprint density at radius 1 is 1.11 bits per heavy atom. The molecule has 0 saturated heterocycles. The van der Waals surface area contributed by atoms with E-state index in [0.717, 1.165) is 15.8 Å². The van der Waals surface area contributed by atoms with E-state index < -0.39 is 17.1 Å². The predicted molar refractivity (Wildman–Crippen MR) is 103 cm³/mol. The maximum Gasteiger partial charge on any atom is 0.335 e. The van der Waals surface area contributed by atoms with Crippen molar-refractivity contribution in [2.24, 2.45) is 4.99 Å². The molecule has 1 aliphatic heterocycles. The summed E-state index contributed by atoms with van der Waals surface area (Å²) in [6.07, 6.45) is 3.13. The van der Waals surface area contributed by atoms with Gasteiger partial charge in [0.25, 0.3) is 5.56 Å². The first-order valence-corrected chi connectivity index (χ1v) is 8.16. The lowest BCUT2D eigenvalue weighted by molar-refractivity contribution is 0.414. The van der Waals surface area contributed by atoms with Crippen LogP contribution in [0.5, 0.6) is 11.6 Å². The number of rotatable bonds is 3. The van der Waals surface area contributed by atoms with Gasteiger partial charge in [0, 0.05) is 17.4 Å². The smallest absolute Gasteiger partial charge is 0.335 e. The number of hydrogen-bond acceptors (Lipinski definition) is 5. The molecule has 7 nitrogen and oxygen atoms in total. The molecule has 0 saturated carbocycles. The molecule has 0 fully saturated rings. The molecule has 2 N–H and O–H groups in total. The van der Waals surface area contributed by atoms with Gasteiger partial charge in [0.2, 0.25) is 5.88 Å². The quantitative estimate of drug-likeness (QED) is 0.749. The van der Waals surface area contributed by atoms with Crippen LogP contribution in [0, 0.1) is 0 Å². The number of nitrogens with zero attached hydrogens (tertiary/aromatic N) is 2. The third kappa shape index (κ3) is 2.85. The van der Waals surface area contributed by atoms with Crippen molar-refractivity contribution in [1.29, 1.82) is 0 Å². The highest BCUT2D eigenvalue weighted by molar-refractivity contribution is 6.21. The Morgan fingerprint density at radius 2 is 1.85 bits per heavy atom. The molecule has 4 rings (SSSR count). The van der Waals surface area contributed by atoms with Crippen molar-refractivity contribution in [3.63, 3.8) is 0 Å². The molecule has 1 aliphatic rings. The van der Waals surface area contributed by atoms with E-state index in [-0.39, 0.29) is 5.56 Å². The Bertz CT molecular complexity index is 1200. The van der Waals surface area contributed by atoms with Crippen LogP contribution in [0.15, 0.2) is 63.1 Å². The van der Waals surface area contributed by atoms with Gasteiger partial charge in [-0.05, 0) is 36.4 Å². The topological polar surface area (TPSA) is 96.7 Å². The first-order valence-electron chi connectivity index (χ1n) is 8.16. The lowest BCUT2D eigenvalue weighted by Gasteiger charge is -2.10. The molecule has 27 heavy (non-hydrogen) atoms. The molecule has 0 unspecified atom stereocenters. The third-order valence-electron chi connectivity index (χ3n) is 4.31. The average molecular weight is 361 g/mol. The van der Waals surface area contributed by atoms with Crippen molar-refractivity contribution in [1.82, 2.24) is 9.55 Å². The van der Waals surface area contributed by atoms with Crippen molar-refractivity contribution >= 4 is 23.6 Å². The Balaban J connectivity index is 1.88. The Labute approximate surface area is 153 Å². The van der Waals surface area contributed by atoms with Gasteiger partial charge in [-0.1, -0.05) is 18.2 Å². The largest absolute Gasteiger partial charge is 0.497 e. The molecule has 0 atom stereocenters. The number of hydrogen-bond donors (Lipinski definition) is 2. The number of aromatic hydroxyl groups is 1. The van der Waals surface area contributed by atoms with Gasteiger partial charge in [-0.25, -0.2) is 9.36 Å². The highest BCUT2D eigenvalue weighted by Gasteiger charge is 2.17. The normalized spacial score (nSPS) is 13.7. The molecule has 0 spiro atoms. The van der Waals surface area contributed by atoms with Crippen molar-refractivity contribution in [2.75, 3.05) is 7.11 Å². The average Bonchev–Trinajstić information content (AvgIpc) is 3.08. The fourth-order valence-electron chi connectivity index (χ4n) is 2.95. The summed E-state index contributed by atoms with van der Waals surface area (Å²) in [4.78, 5) is 31.1. The lowest BCUT2D eigenvalue weighted by Crippen LogP contribution is -2.30. The van der Waals surface area contributed by atoms with Gasteiger partial charge in [0.15, 0.2) is 0 Å². The molecule has 0 aliphatic carbocycles. The molecule has 1 aromatic heterocycles. The molecular weight excluding hydrogens is 346 g/mol. The van der Waals surface area contributed by atoms with Crippen LogP contribution in [-0.2, 0) is 0 Å². The fraction of sp³-hybridized carbons (Fsp3) is 0.0500. The maximum atomic E-state index is 12.3. The van der Waals surface area contributed by atoms with Crippen LogP contribution < -0.4 is 16.0 Å². The summed E-state index contributed by atoms with van der Waals surface area (Å²) in [5.41, 5.74) is 1.27. The third-order valence-corrected chi connectivity index (χ3v) is 4.31. The van der Waals surface area contributed by atoms with Crippen LogP contribution >= 0.6 is 0 Å². The summed E-state index contributed by atoms with van der Waals surface area (Å²) in [5, 5.41) is 10.7. The van der Waals surface area contributed by atoms with E-state index in [4.69, 9.17) is 4.74 Å². The van der Waals surface area contributed by atoms with Crippen LogP contribution in [0.3, 0.4) is 0 Å². The number of ether oxygens (including phenoxy) is 1. The van der Waals surface area contributed by atoms with Gasteiger partial charge >= 0.3 is 5.69 Å². The summed E-state index contributed by atoms with van der Waals surface area (Å²) in [7, 11) is 1.53. The number of methoxy groups -OCH3 is 1. The number of allylic oxidation sites excluding steroid dienone is 1. The van der Waals surface area contributed by atoms with Crippen molar-refractivity contribution < 1.29 is 9.84 Å². The molecular formula is C20H15N3O4. The van der Waals surface area contributed by atoms with E-state index >= 15 is 0 Å².